The number of carbonyl (C=O) groups excluding carboxylic acids is 1. The summed E-state index contributed by atoms with van der Waals surface area (Å²) < 4.78 is 21.9. The second kappa shape index (κ2) is 12.5. The smallest absolute Gasteiger partial charge is 0.332 e. The molecule has 12 nitrogen and oxygen atoms in total. The lowest BCUT2D eigenvalue weighted by Crippen LogP contribution is -2.49. The topological polar surface area (TPSA) is 145 Å². The SMILES string of the molecule is COc1ccc(F)cc1CCn1c(=O)n(C2CCCN(C)C2=O)c(=O)c2c(C)c(-n3nccn3)sc21.OCCO. The molecule has 5 rings (SSSR count). The van der Waals surface area contributed by atoms with Crippen LogP contribution in [0.5, 0.6) is 5.75 Å². The van der Waals surface area contributed by atoms with Crippen LogP contribution in [0.25, 0.3) is 15.2 Å². The van der Waals surface area contributed by atoms with Gasteiger partial charge in [0.2, 0.25) is 5.91 Å². The van der Waals surface area contributed by atoms with Gasteiger partial charge in [0, 0.05) is 25.7 Å². The maximum atomic E-state index is 14.0. The van der Waals surface area contributed by atoms with E-state index >= 15 is 0 Å². The van der Waals surface area contributed by atoms with Gasteiger partial charge in [-0.05, 0) is 49.9 Å². The molecule has 1 aromatic carbocycles. The lowest BCUT2D eigenvalue weighted by atomic mass is 10.0. The monoisotopic (exact) mass is 574 g/mol. The van der Waals surface area contributed by atoms with Crippen LogP contribution in [0.2, 0.25) is 0 Å². The van der Waals surface area contributed by atoms with Gasteiger partial charge in [-0.25, -0.2) is 13.8 Å². The van der Waals surface area contributed by atoms with E-state index in [1.165, 1.54) is 58.4 Å². The average molecular weight is 575 g/mol. The van der Waals surface area contributed by atoms with Crippen LogP contribution in [0, 0.1) is 12.7 Å². The van der Waals surface area contributed by atoms with E-state index in [0.717, 1.165) is 4.57 Å². The quantitative estimate of drug-likeness (QED) is 0.336. The van der Waals surface area contributed by atoms with E-state index < -0.39 is 23.1 Å². The van der Waals surface area contributed by atoms with Crippen molar-refractivity contribution in [3.05, 3.63) is 68.4 Å². The number of nitrogens with zero attached hydrogens (tertiary/aromatic N) is 6. The first-order valence-corrected chi connectivity index (χ1v) is 13.5. The van der Waals surface area contributed by atoms with Crippen LogP contribution >= 0.6 is 11.3 Å². The number of ether oxygens (including phenoxy) is 1. The van der Waals surface area contributed by atoms with E-state index in [1.807, 2.05) is 0 Å². The predicted octanol–water partition coefficient (Wildman–Crippen LogP) is 1.27. The minimum Gasteiger partial charge on any atom is -0.496 e. The highest BCUT2D eigenvalue weighted by atomic mass is 32.1. The van der Waals surface area contributed by atoms with Crippen LogP contribution in [0.15, 0.2) is 40.2 Å². The summed E-state index contributed by atoms with van der Waals surface area (Å²) in [6.07, 6.45) is 4.42. The number of carbonyl (C=O) groups is 1. The van der Waals surface area contributed by atoms with Gasteiger partial charge in [0.15, 0.2) is 0 Å². The van der Waals surface area contributed by atoms with Gasteiger partial charge in [-0.15, -0.1) is 4.80 Å². The summed E-state index contributed by atoms with van der Waals surface area (Å²) in [5.74, 6) is -0.176. The number of aliphatic hydroxyl groups is 2. The summed E-state index contributed by atoms with van der Waals surface area (Å²) in [7, 11) is 3.17. The first-order chi connectivity index (χ1) is 19.2. The fraction of sp³-hybridized carbons (Fsp3) is 0.423. The fourth-order valence-corrected chi connectivity index (χ4v) is 6.00. The van der Waals surface area contributed by atoms with Crippen molar-refractivity contribution >= 4 is 27.5 Å². The Hall–Kier alpha value is -3.88. The number of piperidine rings is 1. The minimum absolute atomic E-state index is 0.125. The maximum Gasteiger partial charge on any atom is 0.332 e. The molecule has 1 aliphatic heterocycles. The normalized spacial score (nSPS) is 15.3. The average Bonchev–Trinajstić information content (AvgIpc) is 3.59. The van der Waals surface area contributed by atoms with E-state index in [9.17, 15) is 18.8 Å². The van der Waals surface area contributed by atoms with E-state index in [1.54, 1.807) is 18.9 Å². The Balaban J connectivity index is 0.000000867. The van der Waals surface area contributed by atoms with E-state index in [4.69, 9.17) is 14.9 Å². The van der Waals surface area contributed by atoms with Crippen molar-refractivity contribution in [2.45, 2.75) is 38.8 Å². The molecular formula is C26H31FN6O6S. The number of halogens is 1. The molecule has 0 saturated carbocycles. The molecule has 2 N–H and O–H groups in total. The molecule has 1 aliphatic rings. The molecule has 4 heterocycles. The van der Waals surface area contributed by atoms with Crippen molar-refractivity contribution < 1.29 is 24.1 Å². The molecule has 1 saturated heterocycles. The van der Waals surface area contributed by atoms with Crippen molar-refractivity contribution in [2.24, 2.45) is 0 Å². The van der Waals surface area contributed by atoms with Crippen LogP contribution in [0.4, 0.5) is 4.39 Å². The third-order valence-corrected chi connectivity index (χ3v) is 7.99. The highest BCUT2D eigenvalue weighted by Crippen LogP contribution is 2.31. The molecule has 4 aromatic rings. The van der Waals surface area contributed by atoms with Crippen LogP contribution in [0.3, 0.4) is 0 Å². The first kappa shape index (κ1) is 29.1. The third-order valence-electron chi connectivity index (χ3n) is 6.71. The Kier molecular flexibility index (Phi) is 9.12. The number of hydrogen-bond acceptors (Lipinski definition) is 9. The van der Waals surface area contributed by atoms with Gasteiger partial charge in [-0.2, -0.15) is 10.2 Å². The van der Waals surface area contributed by atoms with Crippen molar-refractivity contribution in [1.29, 1.82) is 0 Å². The Labute approximate surface area is 232 Å². The summed E-state index contributed by atoms with van der Waals surface area (Å²) in [5, 5.41) is 24.6. The summed E-state index contributed by atoms with van der Waals surface area (Å²) >= 11 is 1.23. The molecule has 1 atom stereocenters. The molecule has 1 amide bonds. The number of amides is 1. The van der Waals surface area contributed by atoms with Crippen LogP contribution in [-0.4, -0.2) is 79.1 Å². The van der Waals surface area contributed by atoms with Gasteiger partial charge in [-0.1, -0.05) is 11.3 Å². The second-order valence-corrected chi connectivity index (χ2v) is 10.2. The molecule has 0 aliphatic carbocycles. The van der Waals surface area contributed by atoms with Gasteiger partial charge in [0.1, 0.15) is 27.4 Å². The Morgan fingerprint density at radius 2 is 1.85 bits per heavy atom. The zero-order valence-corrected chi connectivity index (χ0v) is 23.2. The molecule has 1 fully saturated rings. The van der Waals surface area contributed by atoms with E-state index in [2.05, 4.69) is 10.2 Å². The molecule has 214 valence electrons. The first-order valence-electron chi connectivity index (χ1n) is 12.7. The molecule has 0 spiro atoms. The van der Waals surface area contributed by atoms with Gasteiger partial charge in [-0.3, -0.25) is 14.2 Å². The van der Waals surface area contributed by atoms with Crippen LogP contribution < -0.4 is 16.0 Å². The Morgan fingerprint density at radius 3 is 2.50 bits per heavy atom. The Bertz CT molecular complexity index is 1610. The number of aryl methyl sites for hydroxylation is 3. The largest absolute Gasteiger partial charge is 0.496 e. The number of likely N-dealkylation sites (tertiary alicyclic amines) is 1. The standard InChI is InChI=1S/C24H25FN6O4S.C2H6O2/c1-14-19-21(33)30(17-5-4-11-28(2)20(17)32)24(34)29(23(19)36-22(14)31-26-9-10-27-31)12-8-15-13-16(25)6-7-18(15)35-3;3-1-2-4/h6-7,9-10,13,17H,4-5,8,11-12H2,1-3H3;3-4H,1-2H2. The number of methoxy groups -OCH3 is 1. The van der Waals surface area contributed by atoms with Crippen molar-refractivity contribution in [1.82, 2.24) is 29.0 Å². The summed E-state index contributed by atoms with van der Waals surface area (Å²) in [6, 6.07) is 3.34. The summed E-state index contributed by atoms with van der Waals surface area (Å²) in [6.45, 7) is 2.26. The fourth-order valence-electron chi connectivity index (χ4n) is 4.76. The highest BCUT2D eigenvalue weighted by molar-refractivity contribution is 7.21. The highest BCUT2D eigenvalue weighted by Gasteiger charge is 2.32. The number of fused-ring (bicyclic) bond motifs is 1. The van der Waals surface area contributed by atoms with Crippen molar-refractivity contribution in [3.8, 4) is 10.8 Å². The zero-order valence-electron chi connectivity index (χ0n) is 22.4. The maximum absolute atomic E-state index is 14.0. The molecule has 40 heavy (non-hydrogen) atoms. The van der Waals surface area contributed by atoms with Crippen molar-refractivity contribution in [2.75, 3.05) is 33.9 Å². The second-order valence-electron chi connectivity index (χ2n) is 9.21. The number of likely N-dealkylation sites (N-methyl/N-ethyl adjacent to an activating group) is 1. The molecular weight excluding hydrogens is 543 g/mol. The summed E-state index contributed by atoms with van der Waals surface area (Å²) in [4.78, 5) is 44.0. The molecule has 14 heteroatoms. The van der Waals surface area contributed by atoms with Gasteiger partial charge in [0.05, 0.1) is 38.1 Å². The van der Waals surface area contributed by atoms with E-state index in [-0.39, 0.29) is 32.1 Å². The van der Waals surface area contributed by atoms with E-state index in [0.29, 0.717) is 51.5 Å². The molecule has 3 aromatic heterocycles. The van der Waals surface area contributed by atoms with Crippen LogP contribution in [0.1, 0.15) is 30.0 Å². The number of rotatable bonds is 7. The van der Waals surface area contributed by atoms with Gasteiger partial charge in [0.25, 0.3) is 5.56 Å². The molecule has 1 unspecified atom stereocenters. The number of aliphatic hydroxyl groups excluding tert-OH is 2. The van der Waals surface area contributed by atoms with Gasteiger partial charge >= 0.3 is 5.69 Å². The lowest BCUT2D eigenvalue weighted by Gasteiger charge is -2.30. The lowest BCUT2D eigenvalue weighted by molar-refractivity contribution is -0.136. The molecule has 0 bridgehead atoms. The van der Waals surface area contributed by atoms with Crippen LogP contribution in [-0.2, 0) is 17.8 Å². The molecule has 0 radical (unpaired) electrons. The predicted molar refractivity (Wildman–Crippen MR) is 147 cm³/mol. The zero-order chi connectivity index (χ0) is 29.0. The van der Waals surface area contributed by atoms with Crippen molar-refractivity contribution in [3.63, 3.8) is 0 Å². The number of benzene rings is 1. The number of aromatic nitrogens is 5. The Morgan fingerprint density at radius 1 is 1.15 bits per heavy atom. The number of hydrogen-bond donors (Lipinski definition) is 2. The third kappa shape index (κ3) is 5.55. The minimum atomic E-state index is -0.881. The summed E-state index contributed by atoms with van der Waals surface area (Å²) in [5.41, 5.74) is 0.137. The van der Waals surface area contributed by atoms with Gasteiger partial charge < -0.3 is 19.8 Å². The number of thiophene rings is 1.